The molecule has 166 valence electrons. The number of para-hydroxylation sites is 2. The molecule has 1 aliphatic heterocycles. The zero-order valence-electron chi connectivity index (χ0n) is 18.2. The Morgan fingerprint density at radius 1 is 0.970 bits per heavy atom. The van der Waals surface area contributed by atoms with Crippen molar-refractivity contribution in [2.45, 2.75) is 25.9 Å². The van der Waals surface area contributed by atoms with Crippen molar-refractivity contribution in [1.82, 2.24) is 14.9 Å². The molecule has 0 amide bonds. The standard InChI is InChI=1S/C26H22ClFN4S/c1-16-15-18(17(2)31(16)22-12-5-3-9-19(22)27)25-24(21-11-7-8-14-29-21)30-26(33)32(25)23-13-6-4-10-20(23)28/h3-15,24-25H,1-2H3,(H,30,33)/t24-,25-/m0/s1. The van der Waals surface area contributed by atoms with Gasteiger partial charge in [0.05, 0.1) is 34.2 Å². The van der Waals surface area contributed by atoms with Gasteiger partial charge in [-0.15, -0.1) is 0 Å². The van der Waals surface area contributed by atoms with E-state index in [-0.39, 0.29) is 17.9 Å². The van der Waals surface area contributed by atoms with Crippen LogP contribution in [0, 0.1) is 19.7 Å². The maximum absolute atomic E-state index is 15.0. The van der Waals surface area contributed by atoms with E-state index in [1.165, 1.54) is 6.07 Å². The molecule has 0 radical (unpaired) electrons. The number of nitrogens with one attached hydrogen (secondary N) is 1. The van der Waals surface area contributed by atoms with Gasteiger partial charge in [0.15, 0.2) is 5.11 Å². The zero-order valence-corrected chi connectivity index (χ0v) is 19.7. The van der Waals surface area contributed by atoms with E-state index in [1.54, 1.807) is 18.3 Å². The molecular formula is C26H22ClFN4S. The molecule has 5 rings (SSSR count). The molecule has 4 aromatic rings. The molecule has 1 saturated heterocycles. The van der Waals surface area contributed by atoms with Crippen LogP contribution in [0.3, 0.4) is 0 Å². The van der Waals surface area contributed by atoms with Crippen LogP contribution in [-0.2, 0) is 0 Å². The first-order valence-electron chi connectivity index (χ1n) is 10.7. The minimum atomic E-state index is -0.326. The van der Waals surface area contributed by atoms with E-state index < -0.39 is 0 Å². The van der Waals surface area contributed by atoms with Crippen LogP contribution < -0.4 is 10.2 Å². The first kappa shape index (κ1) is 21.6. The van der Waals surface area contributed by atoms with Crippen molar-refractivity contribution in [1.29, 1.82) is 0 Å². The van der Waals surface area contributed by atoms with Crippen molar-refractivity contribution in [2.24, 2.45) is 0 Å². The molecule has 0 aliphatic carbocycles. The molecule has 0 spiro atoms. The summed E-state index contributed by atoms with van der Waals surface area (Å²) >= 11 is 12.3. The Hall–Kier alpha value is -3.22. The second kappa shape index (κ2) is 8.61. The molecule has 1 aliphatic rings. The van der Waals surface area contributed by atoms with Gasteiger partial charge in [-0.3, -0.25) is 4.98 Å². The largest absolute Gasteiger partial charge is 0.351 e. The molecule has 2 aromatic carbocycles. The molecule has 0 bridgehead atoms. The second-order valence-electron chi connectivity index (χ2n) is 8.06. The van der Waals surface area contributed by atoms with E-state index in [0.29, 0.717) is 15.8 Å². The Balaban J connectivity index is 1.71. The molecule has 33 heavy (non-hydrogen) atoms. The average Bonchev–Trinajstić information content (AvgIpc) is 3.30. The third kappa shape index (κ3) is 3.69. The number of benzene rings is 2. The number of pyridine rings is 1. The predicted molar refractivity (Wildman–Crippen MR) is 135 cm³/mol. The molecular weight excluding hydrogens is 455 g/mol. The summed E-state index contributed by atoms with van der Waals surface area (Å²) in [6.45, 7) is 4.10. The Bertz CT molecular complexity index is 1340. The lowest BCUT2D eigenvalue weighted by Gasteiger charge is -2.28. The van der Waals surface area contributed by atoms with Crippen LogP contribution >= 0.6 is 23.8 Å². The summed E-state index contributed by atoms with van der Waals surface area (Å²) in [5.41, 5.74) is 5.24. The van der Waals surface area contributed by atoms with Crippen LogP contribution in [0.25, 0.3) is 5.69 Å². The summed E-state index contributed by atoms with van der Waals surface area (Å²) in [4.78, 5) is 6.45. The number of anilines is 1. The fraction of sp³-hybridized carbons (Fsp3) is 0.154. The number of aromatic nitrogens is 2. The number of rotatable bonds is 4. The van der Waals surface area contributed by atoms with E-state index in [9.17, 15) is 4.39 Å². The molecule has 2 atom stereocenters. The molecule has 4 nitrogen and oxygen atoms in total. The van der Waals surface area contributed by atoms with E-state index in [2.05, 4.69) is 27.9 Å². The fourth-order valence-electron chi connectivity index (χ4n) is 4.67. The molecule has 1 fully saturated rings. The van der Waals surface area contributed by atoms with Crippen LogP contribution in [0.1, 0.15) is 34.7 Å². The van der Waals surface area contributed by atoms with Gasteiger partial charge in [-0.2, -0.15) is 0 Å². The number of hydrogen-bond donors (Lipinski definition) is 1. The van der Waals surface area contributed by atoms with Crippen molar-refractivity contribution in [3.05, 3.63) is 112 Å². The van der Waals surface area contributed by atoms with Gasteiger partial charge in [-0.25, -0.2) is 4.39 Å². The van der Waals surface area contributed by atoms with Crippen LogP contribution in [0.15, 0.2) is 79.0 Å². The predicted octanol–water partition coefficient (Wildman–Crippen LogP) is 6.46. The monoisotopic (exact) mass is 476 g/mol. The van der Waals surface area contributed by atoms with Gasteiger partial charge in [0, 0.05) is 17.6 Å². The van der Waals surface area contributed by atoms with E-state index in [0.717, 1.165) is 28.3 Å². The lowest BCUT2D eigenvalue weighted by atomic mass is 9.96. The SMILES string of the molecule is Cc1cc([C@H]2[C@H](c3ccccn3)NC(=S)N2c2ccccc2F)c(C)n1-c1ccccc1Cl. The molecule has 3 heterocycles. The number of hydrogen-bond acceptors (Lipinski definition) is 2. The summed E-state index contributed by atoms with van der Waals surface area (Å²) in [5.74, 6) is -0.326. The van der Waals surface area contributed by atoms with Crippen molar-refractivity contribution < 1.29 is 4.39 Å². The van der Waals surface area contributed by atoms with Gasteiger partial charge < -0.3 is 14.8 Å². The second-order valence-corrected chi connectivity index (χ2v) is 8.86. The molecule has 2 aromatic heterocycles. The minimum Gasteiger partial charge on any atom is -0.351 e. The number of thiocarbonyl (C=S) groups is 1. The summed E-state index contributed by atoms with van der Waals surface area (Å²) < 4.78 is 17.1. The van der Waals surface area contributed by atoms with Crippen LogP contribution in [0.5, 0.6) is 0 Å². The lowest BCUT2D eigenvalue weighted by molar-refractivity contribution is 0.556. The maximum Gasteiger partial charge on any atom is 0.174 e. The Morgan fingerprint density at radius 3 is 2.36 bits per heavy atom. The normalized spacial score (nSPS) is 17.9. The topological polar surface area (TPSA) is 33.1 Å². The average molecular weight is 477 g/mol. The van der Waals surface area contributed by atoms with Crippen molar-refractivity contribution in [3.63, 3.8) is 0 Å². The molecule has 1 N–H and O–H groups in total. The summed E-state index contributed by atoms with van der Waals surface area (Å²) in [5, 5.41) is 4.52. The van der Waals surface area contributed by atoms with Crippen LogP contribution in [0.2, 0.25) is 5.02 Å². The van der Waals surface area contributed by atoms with Crippen LogP contribution in [-0.4, -0.2) is 14.7 Å². The van der Waals surface area contributed by atoms with Crippen LogP contribution in [0.4, 0.5) is 10.1 Å². The highest BCUT2D eigenvalue weighted by molar-refractivity contribution is 7.80. The van der Waals surface area contributed by atoms with E-state index in [1.807, 2.05) is 60.4 Å². The van der Waals surface area contributed by atoms with E-state index >= 15 is 0 Å². The van der Waals surface area contributed by atoms with Crippen molar-refractivity contribution >= 4 is 34.6 Å². The molecule has 0 unspecified atom stereocenters. The number of aryl methyl sites for hydroxylation is 1. The quantitative estimate of drug-likeness (QED) is 0.343. The zero-order chi connectivity index (χ0) is 23.1. The van der Waals surface area contributed by atoms with Gasteiger partial charge in [-0.05, 0) is 74.1 Å². The van der Waals surface area contributed by atoms with Gasteiger partial charge in [0.2, 0.25) is 0 Å². The highest BCUT2D eigenvalue weighted by Gasteiger charge is 2.43. The highest BCUT2D eigenvalue weighted by atomic mass is 35.5. The summed E-state index contributed by atoms with van der Waals surface area (Å²) in [6.07, 6.45) is 1.76. The van der Waals surface area contributed by atoms with E-state index in [4.69, 9.17) is 23.8 Å². The minimum absolute atomic E-state index is 0.251. The van der Waals surface area contributed by atoms with Gasteiger partial charge in [0.25, 0.3) is 0 Å². The maximum atomic E-state index is 15.0. The lowest BCUT2D eigenvalue weighted by Crippen LogP contribution is -2.30. The van der Waals surface area contributed by atoms with Gasteiger partial charge in [0.1, 0.15) is 5.82 Å². The third-order valence-corrected chi connectivity index (χ3v) is 6.73. The Labute approximate surface area is 202 Å². The van der Waals surface area contributed by atoms with Gasteiger partial charge in [-0.1, -0.05) is 41.9 Å². The summed E-state index contributed by atoms with van der Waals surface area (Å²) in [6, 6.07) is 21.8. The highest BCUT2D eigenvalue weighted by Crippen LogP contribution is 2.44. The molecule has 7 heteroatoms. The summed E-state index contributed by atoms with van der Waals surface area (Å²) in [7, 11) is 0. The van der Waals surface area contributed by atoms with Gasteiger partial charge >= 0.3 is 0 Å². The van der Waals surface area contributed by atoms with Crippen molar-refractivity contribution in [3.8, 4) is 5.69 Å². The fourth-order valence-corrected chi connectivity index (χ4v) is 5.23. The smallest absolute Gasteiger partial charge is 0.174 e. The van der Waals surface area contributed by atoms with Crippen molar-refractivity contribution in [2.75, 3.05) is 4.90 Å². The first-order chi connectivity index (χ1) is 16.0. The Morgan fingerprint density at radius 2 is 1.67 bits per heavy atom. The third-order valence-electron chi connectivity index (χ3n) is 6.09. The first-order valence-corrected chi connectivity index (χ1v) is 11.4. The number of nitrogens with zero attached hydrogens (tertiary/aromatic N) is 3. The number of halogens is 2. The molecule has 0 saturated carbocycles. The Kier molecular flexibility index (Phi) is 5.64.